The third-order valence-corrected chi connectivity index (χ3v) is 1.88. The van der Waals surface area contributed by atoms with E-state index in [-0.39, 0.29) is 6.54 Å². The lowest BCUT2D eigenvalue weighted by Gasteiger charge is -2.07. The monoisotopic (exact) mass is 195 g/mol. The van der Waals surface area contributed by atoms with Crippen LogP contribution in [0.4, 0.5) is 0 Å². The van der Waals surface area contributed by atoms with E-state index >= 15 is 0 Å². The van der Waals surface area contributed by atoms with Gasteiger partial charge in [0.2, 0.25) is 0 Å². The highest BCUT2D eigenvalue weighted by Gasteiger charge is 2.12. The molecule has 0 aromatic carbocycles. The van der Waals surface area contributed by atoms with Gasteiger partial charge in [-0.2, -0.15) is 8.42 Å². The second-order valence-corrected chi connectivity index (χ2v) is 3.85. The topological polar surface area (TPSA) is 86.6 Å². The molecule has 0 saturated carbocycles. The molecule has 0 spiro atoms. The van der Waals surface area contributed by atoms with Crippen molar-refractivity contribution in [1.82, 2.24) is 5.32 Å². The highest BCUT2D eigenvalue weighted by atomic mass is 32.2. The number of aliphatic hydroxyl groups excluding tert-OH is 1. The van der Waals surface area contributed by atoms with Crippen LogP contribution in [0.25, 0.3) is 0 Å². The molecule has 3 N–H and O–H groups in total. The first-order chi connectivity index (χ1) is 5.45. The van der Waals surface area contributed by atoms with Crippen LogP contribution in [0, 0.1) is 0 Å². The summed E-state index contributed by atoms with van der Waals surface area (Å²) in [7, 11) is -4.08. The molecule has 0 aliphatic carbocycles. The zero-order chi connectivity index (χ0) is 9.61. The standard InChI is InChI=1S/C6H13NO4S/c1-2-3-7-4-6(8)5-12(9,10)11/h2,6-8H,1,3-5H2,(H,9,10,11). The van der Waals surface area contributed by atoms with Crippen LogP contribution in [0.3, 0.4) is 0 Å². The maximum atomic E-state index is 10.2. The Labute approximate surface area is 71.8 Å². The predicted molar refractivity (Wildman–Crippen MR) is 45.5 cm³/mol. The second-order valence-electron chi connectivity index (χ2n) is 2.35. The van der Waals surface area contributed by atoms with Gasteiger partial charge in [-0.25, -0.2) is 0 Å². The first-order valence-electron chi connectivity index (χ1n) is 3.40. The highest BCUT2D eigenvalue weighted by molar-refractivity contribution is 7.85. The molecule has 72 valence electrons. The molecule has 5 nitrogen and oxygen atoms in total. The average Bonchev–Trinajstić information content (AvgIpc) is 1.84. The fourth-order valence-corrected chi connectivity index (χ4v) is 1.26. The quantitative estimate of drug-likeness (QED) is 0.288. The molecule has 0 radical (unpaired) electrons. The Morgan fingerprint density at radius 2 is 2.17 bits per heavy atom. The van der Waals surface area contributed by atoms with Gasteiger partial charge in [-0.3, -0.25) is 4.55 Å². The normalized spacial score (nSPS) is 14.2. The Kier molecular flexibility index (Phi) is 5.07. The van der Waals surface area contributed by atoms with Crippen LogP contribution in [-0.4, -0.2) is 43.0 Å². The molecule has 0 rings (SSSR count). The minimum atomic E-state index is -4.08. The summed E-state index contributed by atoms with van der Waals surface area (Å²) in [6, 6.07) is 0. The van der Waals surface area contributed by atoms with E-state index in [1.165, 1.54) is 0 Å². The predicted octanol–water partition coefficient (Wildman–Crippen LogP) is -0.989. The molecular weight excluding hydrogens is 182 g/mol. The van der Waals surface area contributed by atoms with Crippen LogP contribution in [0.5, 0.6) is 0 Å². The summed E-state index contributed by atoms with van der Waals surface area (Å²) in [4.78, 5) is 0. The van der Waals surface area contributed by atoms with Crippen molar-refractivity contribution in [2.24, 2.45) is 0 Å². The summed E-state index contributed by atoms with van der Waals surface area (Å²) < 4.78 is 28.8. The summed E-state index contributed by atoms with van der Waals surface area (Å²) in [5, 5.41) is 11.7. The van der Waals surface area contributed by atoms with E-state index in [0.29, 0.717) is 6.54 Å². The van der Waals surface area contributed by atoms with Crippen molar-refractivity contribution in [2.45, 2.75) is 6.10 Å². The Morgan fingerprint density at radius 1 is 1.58 bits per heavy atom. The van der Waals surface area contributed by atoms with Crippen molar-refractivity contribution in [3.63, 3.8) is 0 Å². The van der Waals surface area contributed by atoms with Crippen LogP contribution < -0.4 is 5.32 Å². The second kappa shape index (κ2) is 5.26. The zero-order valence-electron chi connectivity index (χ0n) is 6.60. The van der Waals surface area contributed by atoms with Gasteiger partial charge in [0.1, 0.15) is 5.75 Å². The third kappa shape index (κ3) is 7.67. The van der Waals surface area contributed by atoms with Gasteiger partial charge in [-0.15, -0.1) is 6.58 Å². The third-order valence-electron chi connectivity index (χ3n) is 1.07. The van der Waals surface area contributed by atoms with Crippen LogP contribution in [0.2, 0.25) is 0 Å². The summed E-state index contributed by atoms with van der Waals surface area (Å²) in [6.07, 6.45) is 0.500. The van der Waals surface area contributed by atoms with Crippen molar-refractivity contribution in [3.05, 3.63) is 12.7 Å². The molecule has 1 atom stereocenters. The largest absolute Gasteiger partial charge is 0.391 e. The molecule has 0 aromatic heterocycles. The summed E-state index contributed by atoms with van der Waals surface area (Å²) in [5.74, 6) is -0.642. The highest BCUT2D eigenvalue weighted by Crippen LogP contribution is 1.88. The maximum absolute atomic E-state index is 10.2. The molecule has 0 heterocycles. The Bertz CT molecular complexity index is 224. The van der Waals surface area contributed by atoms with Crippen LogP contribution in [0.15, 0.2) is 12.7 Å². The molecule has 6 heteroatoms. The van der Waals surface area contributed by atoms with Gasteiger partial charge in [0.25, 0.3) is 10.1 Å². The number of aliphatic hydroxyl groups is 1. The van der Waals surface area contributed by atoms with Crippen molar-refractivity contribution in [2.75, 3.05) is 18.8 Å². The molecule has 0 fully saturated rings. The molecule has 0 bridgehead atoms. The lowest BCUT2D eigenvalue weighted by molar-refractivity contribution is 0.193. The Balaban J connectivity index is 3.60. The van der Waals surface area contributed by atoms with E-state index < -0.39 is 22.0 Å². The first-order valence-corrected chi connectivity index (χ1v) is 5.01. The Morgan fingerprint density at radius 3 is 2.58 bits per heavy atom. The molecule has 1 unspecified atom stereocenters. The molecule has 0 saturated heterocycles. The fourth-order valence-electron chi connectivity index (χ4n) is 0.654. The van der Waals surface area contributed by atoms with Crippen LogP contribution in [0.1, 0.15) is 0 Å². The van der Waals surface area contributed by atoms with E-state index in [2.05, 4.69) is 11.9 Å². The van der Waals surface area contributed by atoms with E-state index in [9.17, 15) is 8.42 Å². The van der Waals surface area contributed by atoms with Crippen molar-refractivity contribution in [3.8, 4) is 0 Å². The molecule has 0 aliphatic rings. The van der Waals surface area contributed by atoms with Gasteiger partial charge in [0.15, 0.2) is 0 Å². The molecule has 0 amide bonds. The van der Waals surface area contributed by atoms with E-state index in [0.717, 1.165) is 0 Å². The number of nitrogens with one attached hydrogen (secondary N) is 1. The first kappa shape index (κ1) is 11.6. The molecule has 12 heavy (non-hydrogen) atoms. The van der Waals surface area contributed by atoms with E-state index in [4.69, 9.17) is 9.66 Å². The van der Waals surface area contributed by atoms with Gasteiger partial charge in [-0.1, -0.05) is 6.08 Å². The minimum Gasteiger partial charge on any atom is -0.391 e. The van der Waals surface area contributed by atoms with Gasteiger partial charge >= 0.3 is 0 Å². The lowest BCUT2D eigenvalue weighted by atomic mass is 10.4. The number of hydrogen-bond donors (Lipinski definition) is 3. The van der Waals surface area contributed by atoms with E-state index in [1.807, 2.05) is 0 Å². The minimum absolute atomic E-state index is 0.117. The van der Waals surface area contributed by atoms with Gasteiger partial charge < -0.3 is 10.4 Å². The van der Waals surface area contributed by atoms with Crippen molar-refractivity contribution in [1.29, 1.82) is 0 Å². The zero-order valence-corrected chi connectivity index (χ0v) is 7.42. The van der Waals surface area contributed by atoms with Crippen LogP contribution >= 0.6 is 0 Å². The lowest BCUT2D eigenvalue weighted by Crippen LogP contribution is -2.32. The summed E-state index contributed by atoms with van der Waals surface area (Å²) in [5.41, 5.74) is 0. The number of rotatable bonds is 6. The SMILES string of the molecule is C=CCNCC(O)CS(=O)(=O)O. The average molecular weight is 195 g/mol. The van der Waals surface area contributed by atoms with Crippen LogP contribution in [-0.2, 0) is 10.1 Å². The van der Waals surface area contributed by atoms with Crippen molar-refractivity contribution < 1.29 is 18.1 Å². The van der Waals surface area contributed by atoms with Gasteiger partial charge in [0.05, 0.1) is 6.10 Å². The summed E-state index contributed by atoms with van der Waals surface area (Å²) in [6.45, 7) is 4.03. The maximum Gasteiger partial charge on any atom is 0.267 e. The van der Waals surface area contributed by atoms with Gasteiger partial charge in [0, 0.05) is 13.1 Å². The molecule has 0 aromatic rings. The number of hydrogen-bond acceptors (Lipinski definition) is 4. The smallest absolute Gasteiger partial charge is 0.267 e. The summed E-state index contributed by atoms with van der Waals surface area (Å²) >= 11 is 0. The Hall–Kier alpha value is -0.430. The molecular formula is C6H13NO4S. The van der Waals surface area contributed by atoms with E-state index in [1.54, 1.807) is 6.08 Å². The van der Waals surface area contributed by atoms with Crippen molar-refractivity contribution >= 4 is 10.1 Å². The molecule has 0 aliphatic heterocycles. The fraction of sp³-hybridized carbons (Fsp3) is 0.667. The van der Waals surface area contributed by atoms with Gasteiger partial charge in [-0.05, 0) is 0 Å².